The highest BCUT2D eigenvalue weighted by atomic mass is 35.5. The van der Waals surface area contributed by atoms with Crippen LogP contribution in [-0.4, -0.2) is 4.98 Å². The summed E-state index contributed by atoms with van der Waals surface area (Å²) in [5.74, 6) is 0. The molecule has 0 aliphatic carbocycles. The smallest absolute Gasteiger partial charge is 0.0471 e. The lowest BCUT2D eigenvalue weighted by Crippen LogP contribution is -1.80. The van der Waals surface area contributed by atoms with Crippen molar-refractivity contribution in [2.24, 2.45) is 0 Å². The van der Waals surface area contributed by atoms with E-state index >= 15 is 0 Å². The Hall–Kier alpha value is -2.25. The molecule has 0 unspecified atom stereocenters. The third-order valence-electron chi connectivity index (χ3n) is 3.66. The van der Waals surface area contributed by atoms with Crippen molar-refractivity contribution >= 4 is 33.3 Å². The highest BCUT2D eigenvalue weighted by molar-refractivity contribution is 6.31. The molecule has 0 radical (unpaired) electrons. The number of fused-ring (bicyclic) bond motifs is 2. The third kappa shape index (κ3) is 1.79. The van der Waals surface area contributed by atoms with Gasteiger partial charge in [-0.2, -0.15) is 0 Å². The topological polar surface area (TPSA) is 15.8 Å². The van der Waals surface area contributed by atoms with E-state index in [1.54, 1.807) is 0 Å². The number of nitrogens with one attached hydrogen (secondary N) is 1. The van der Waals surface area contributed by atoms with Crippen LogP contribution in [-0.2, 0) is 0 Å². The Morgan fingerprint density at radius 2 is 1.60 bits per heavy atom. The second-order valence-corrected chi connectivity index (χ2v) is 5.38. The highest BCUT2D eigenvalue weighted by Gasteiger charge is 2.07. The first-order valence-electron chi connectivity index (χ1n) is 6.58. The molecule has 20 heavy (non-hydrogen) atoms. The summed E-state index contributed by atoms with van der Waals surface area (Å²) in [4.78, 5) is 3.47. The quantitative estimate of drug-likeness (QED) is 0.463. The van der Waals surface area contributed by atoms with E-state index in [4.69, 9.17) is 11.6 Å². The van der Waals surface area contributed by atoms with Gasteiger partial charge in [-0.25, -0.2) is 0 Å². The fourth-order valence-corrected chi connectivity index (χ4v) is 2.89. The molecule has 0 bridgehead atoms. The Labute approximate surface area is 121 Å². The molecular weight excluding hydrogens is 266 g/mol. The van der Waals surface area contributed by atoms with Crippen LogP contribution in [0.25, 0.3) is 32.9 Å². The number of H-pyrrole nitrogens is 1. The lowest BCUT2D eigenvalue weighted by atomic mass is 10.0. The number of hydrogen-bond donors (Lipinski definition) is 1. The minimum absolute atomic E-state index is 0.765. The van der Waals surface area contributed by atoms with Crippen LogP contribution in [0.3, 0.4) is 0 Å². The van der Waals surface area contributed by atoms with Crippen molar-refractivity contribution in [3.05, 3.63) is 71.8 Å². The van der Waals surface area contributed by atoms with Gasteiger partial charge in [0.1, 0.15) is 0 Å². The van der Waals surface area contributed by atoms with Crippen LogP contribution in [0.15, 0.2) is 66.7 Å². The van der Waals surface area contributed by atoms with Crippen LogP contribution in [0.5, 0.6) is 0 Å². The van der Waals surface area contributed by atoms with Crippen LogP contribution in [0, 0.1) is 0 Å². The summed E-state index contributed by atoms with van der Waals surface area (Å²) in [5.41, 5.74) is 3.45. The van der Waals surface area contributed by atoms with Gasteiger partial charge in [0.25, 0.3) is 0 Å². The molecule has 0 aliphatic rings. The monoisotopic (exact) mass is 277 g/mol. The predicted octanol–water partition coefficient (Wildman–Crippen LogP) is 5.64. The van der Waals surface area contributed by atoms with E-state index in [2.05, 4.69) is 53.5 Å². The van der Waals surface area contributed by atoms with Crippen molar-refractivity contribution in [2.45, 2.75) is 0 Å². The zero-order valence-corrected chi connectivity index (χ0v) is 11.5. The summed E-state index contributed by atoms with van der Waals surface area (Å²) in [7, 11) is 0. The van der Waals surface area contributed by atoms with Crippen molar-refractivity contribution in [2.75, 3.05) is 0 Å². The Kier molecular flexibility index (Phi) is 2.54. The molecule has 0 amide bonds. The van der Waals surface area contributed by atoms with E-state index in [1.807, 2.05) is 18.2 Å². The predicted molar refractivity (Wildman–Crippen MR) is 86.3 cm³/mol. The zero-order valence-electron chi connectivity index (χ0n) is 10.7. The average molecular weight is 278 g/mol. The lowest BCUT2D eigenvalue weighted by Gasteiger charge is -2.04. The van der Waals surface area contributed by atoms with Gasteiger partial charge in [-0.3, -0.25) is 0 Å². The molecule has 2 heteroatoms. The van der Waals surface area contributed by atoms with Gasteiger partial charge in [0.2, 0.25) is 0 Å². The first kappa shape index (κ1) is 11.6. The number of aromatic nitrogens is 1. The van der Waals surface area contributed by atoms with Crippen molar-refractivity contribution in [3.63, 3.8) is 0 Å². The minimum Gasteiger partial charge on any atom is -0.355 e. The van der Waals surface area contributed by atoms with Crippen molar-refractivity contribution in [1.82, 2.24) is 4.98 Å². The van der Waals surface area contributed by atoms with Crippen LogP contribution in [0.1, 0.15) is 0 Å². The molecule has 0 fully saturated rings. The molecule has 1 heterocycles. The van der Waals surface area contributed by atoms with Crippen LogP contribution >= 0.6 is 11.6 Å². The average Bonchev–Trinajstić information content (AvgIpc) is 2.89. The number of rotatable bonds is 1. The summed E-state index contributed by atoms with van der Waals surface area (Å²) in [6.45, 7) is 0. The molecule has 4 rings (SSSR count). The summed E-state index contributed by atoms with van der Waals surface area (Å²) >= 11 is 6.06. The molecule has 4 aromatic rings. The molecule has 0 saturated carbocycles. The zero-order chi connectivity index (χ0) is 13.5. The van der Waals surface area contributed by atoms with Gasteiger partial charge in [0, 0.05) is 27.2 Å². The molecule has 0 saturated heterocycles. The first-order valence-corrected chi connectivity index (χ1v) is 6.95. The first-order chi connectivity index (χ1) is 9.81. The summed E-state index contributed by atoms with van der Waals surface area (Å²) in [6, 6.07) is 22.9. The normalized spacial score (nSPS) is 11.2. The van der Waals surface area contributed by atoms with Gasteiger partial charge in [0.15, 0.2) is 0 Å². The second kappa shape index (κ2) is 4.39. The largest absolute Gasteiger partial charge is 0.355 e. The van der Waals surface area contributed by atoms with E-state index in [0.717, 1.165) is 21.6 Å². The van der Waals surface area contributed by atoms with E-state index in [-0.39, 0.29) is 0 Å². The number of hydrogen-bond acceptors (Lipinski definition) is 0. The Balaban J connectivity index is 2.01. The van der Waals surface area contributed by atoms with Crippen LogP contribution in [0.2, 0.25) is 5.02 Å². The number of benzene rings is 3. The molecule has 1 nitrogen and oxygen atoms in total. The molecule has 0 spiro atoms. The van der Waals surface area contributed by atoms with E-state index < -0.39 is 0 Å². The van der Waals surface area contributed by atoms with E-state index in [0.29, 0.717) is 0 Å². The van der Waals surface area contributed by atoms with Crippen LogP contribution in [0.4, 0.5) is 0 Å². The Morgan fingerprint density at radius 1 is 0.750 bits per heavy atom. The Morgan fingerprint density at radius 3 is 2.55 bits per heavy atom. The van der Waals surface area contributed by atoms with Crippen molar-refractivity contribution in [1.29, 1.82) is 0 Å². The van der Waals surface area contributed by atoms with Crippen molar-refractivity contribution < 1.29 is 0 Å². The lowest BCUT2D eigenvalue weighted by molar-refractivity contribution is 1.47. The minimum atomic E-state index is 0.765. The maximum Gasteiger partial charge on any atom is 0.0471 e. The molecule has 3 aromatic carbocycles. The fourth-order valence-electron chi connectivity index (χ4n) is 2.71. The van der Waals surface area contributed by atoms with E-state index in [1.165, 1.54) is 16.3 Å². The van der Waals surface area contributed by atoms with Gasteiger partial charge in [-0.15, -0.1) is 0 Å². The third-order valence-corrected chi connectivity index (χ3v) is 3.90. The standard InChI is InChI=1S/C18H12ClN/c19-14-8-9-17-13(10-14)11-18(20-17)16-7-3-5-12-4-1-2-6-15(12)16/h1-11,20H. The van der Waals surface area contributed by atoms with Gasteiger partial charge in [0.05, 0.1) is 0 Å². The van der Waals surface area contributed by atoms with Gasteiger partial charge >= 0.3 is 0 Å². The SMILES string of the molecule is Clc1ccc2[nH]c(-c3cccc4ccccc34)cc2c1. The second-order valence-electron chi connectivity index (χ2n) is 4.94. The summed E-state index contributed by atoms with van der Waals surface area (Å²) in [6.07, 6.45) is 0. The molecule has 1 aromatic heterocycles. The van der Waals surface area contributed by atoms with E-state index in [9.17, 15) is 0 Å². The van der Waals surface area contributed by atoms with Gasteiger partial charge in [-0.1, -0.05) is 54.1 Å². The van der Waals surface area contributed by atoms with Crippen molar-refractivity contribution in [3.8, 4) is 11.3 Å². The number of halogens is 1. The summed E-state index contributed by atoms with van der Waals surface area (Å²) in [5, 5.41) is 4.41. The van der Waals surface area contributed by atoms with Crippen LogP contribution < -0.4 is 0 Å². The summed E-state index contributed by atoms with van der Waals surface area (Å²) < 4.78 is 0. The molecule has 0 atom stereocenters. The highest BCUT2D eigenvalue weighted by Crippen LogP contribution is 2.31. The molecule has 96 valence electrons. The number of aromatic amines is 1. The molecule has 0 aliphatic heterocycles. The Bertz CT molecular complexity index is 916. The van der Waals surface area contributed by atoms with Gasteiger partial charge in [-0.05, 0) is 35.0 Å². The maximum atomic E-state index is 6.06. The molecule has 1 N–H and O–H groups in total. The van der Waals surface area contributed by atoms with Gasteiger partial charge < -0.3 is 4.98 Å². The molecular formula is C18H12ClN. The fraction of sp³-hybridized carbons (Fsp3) is 0. The maximum absolute atomic E-state index is 6.06.